The first-order chi connectivity index (χ1) is 34.5. The number of hydrogen-bond donors (Lipinski definition) is 2. The maximum absolute atomic E-state index is 8.58. The third kappa shape index (κ3) is 7.44. The summed E-state index contributed by atoms with van der Waals surface area (Å²) < 4.78 is 6.11. The maximum atomic E-state index is 8.58. The summed E-state index contributed by atoms with van der Waals surface area (Å²) in [5.74, 6) is 0. The van der Waals surface area contributed by atoms with Crippen LogP contribution in [-0.2, 0) is 15.6 Å². The predicted molar refractivity (Wildman–Crippen MR) is 305 cm³/mol. The highest BCUT2D eigenvalue weighted by molar-refractivity contribution is 9.10. The van der Waals surface area contributed by atoms with E-state index in [4.69, 9.17) is 14.8 Å². The Hall–Kier alpha value is -6.86. The molecule has 0 aromatic heterocycles. The number of rotatable bonds is 2. The molecule has 0 bridgehead atoms. The molecule has 1 saturated heterocycles. The Kier molecular flexibility index (Phi) is 11.3. The second-order valence-corrected chi connectivity index (χ2v) is 21.3. The van der Waals surface area contributed by atoms with Gasteiger partial charge < -0.3 is 14.8 Å². The minimum atomic E-state index is -1.34. The summed E-state index contributed by atoms with van der Waals surface area (Å²) in [6.07, 6.45) is 2.56. The van der Waals surface area contributed by atoms with Gasteiger partial charge in [-0.1, -0.05) is 220 Å². The fourth-order valence-electron chi connectivity index (χ4n) is 12.1. The molecular formula is C66H54BBrO3. The fourth-order valence-corrected chi connectivity index (χ4v) is 12.5. The highest BCUT2D eigenvalue weighted by Crippen LogP contribution is 2.55. The van der Waals surface area contributed by atoms with Crippen molar-refractivity contribution in [1.29, 1.82) is 0 Å². The molecule has 71 heavy (non-hydrogen) atoms. The van der Waals surface area contributed by atoms with Gasteiger partial charge in [-0.25, -0.2) is 0 Å². The molecule has 0 amide bonds. The lowest BCUT2D eigenvalue weighted by molar-refractivity contribution is 0.198. The molecule has 0 atom stereocenters. The van der Waals surface area contributed by atoms with Gasteiger partial charge >= 0.3 is 7.12 Å². The van der Waals surface area contributed by atoms with Gasteiger partial charge in [-0.05, 0) is 157 Å². The highest BCUT2D eigenvalue weighted by atomic mass is 79.9. The zero-order valence-corrected chi connectivity index (χ0v) is 42.1. The van der Waals surface area contributed by atoms with Gasteiger partial charge in [0, 0.05) is 28.5 Å². The largest absolute Gasteiger partial charge is 0.488 e. The lowest BCUT2D eigenvalue weighted by atomic mass is 9.80. The molecule has 0 unspecified atom stereocenters. The summed E-state index contributed by atoms with van der Waals surface area (Å²) in [6.45, 7) is 11.4. The van der Waals surface area contributed by atoms with Crippen LogP contribution in [0.25, 0.3) is 98.0 Å². The second-order valence-electron chi connectivity index (χ2n) is 20.4. The average Bonchev–Trinajstić information content (AvgIpc) is 4.13. The van der Waals surface area contributed by atoms with Gasteiger partial charge in [-0.15, -0.1) is 0 Å². The van der Waals surface area contributed by atoms with E-state index in [0.29, 0.717) is 5.46 Å². The van der Waals surface area contributed by atoms with Crippen molar-refractivity contribution in [1.82, 2.24) is 0 Å². The van der Waals surface area contributed by atoms with Crippen LogP contribution in [0.4, 0.5) is 0 Å². The Balaban J connectivity index is 0.000000116. The van der Waals surface area contributed by atoms with E-state index in [-0.39, 0.29) is 10.8 Å². The van der Waals surface area contributed by atoms with Crippen LogP contribution < -0.4 is 5.46 Å². The minimum Gasteiger partial charge on any atom is -0.423 e. The van der Waals surface area contributed by atoms with Gasteiger partial charge in [-0.3, -0.25) is 0 Å². The number of ether oxygens (including phenoxy) is 1. The number of hydrogen-bond acceptors (Lipinski definition) is 3. The van der Waals surface area contributed by atoms with Gasteiger partial charge in [0.05, 0.1) is 0 Å². The maximum Gasteiger partial charge on any atom is 0.488 e. The Bertz CT molecular complexity index is 3940. The lowest BCUT2D eigenvalue weighted by Gasteiger charge is -2.23. The van der Waals surface area contributed by atoms with Crippen LogP contribution in [0.5, 0.6) is 0 Å². The van der Waals surface area contributed by atoms with E-state index < -0.39 is 7.12 Å². The number of fused-ring (bicyclic) bond motifs is 8. The van der Waals surface area contributed by atoms with Crippen LogP contribution in [0.15, 0.2) is 199 Å². The SMILES string of the molecule is C1CCOC1.CC1(C)c2ccccc2-c2c1cc1ccc3c(-c4ccccc4)ccc4ccc2c1c43.CC1(C)c2ccccc2-c2c1cc1ccc3c(Br)ccc4ccc2c1c43.OB(O)c1ccccc1. The summed E-state index contributed by atoms with van der Waals surface area (Å²) in [6, 6.07) is 69.6. The molecule has 1 heterocycles. The molecule has 12 aromatic rings. The Morgan fingerprint density at radius 2 is 0.831 bits per heavy atom. The molecule has 0 saturated carbocycles. The molecule has 3 nitrogen and oxygen atoms in total. The fraction of sp³-hybridized carbons (Fsp3) is 0.152. The van der Waals surface area contributed by atoms with Crippen molar-refractivity contribution < 1.29 is 14.8 Å². The third-order valence-electron chi connectivity index (χ3n) is 15.6. The second kappa shape index (κ2) is 17.8. The molecule has 0 spiro atoms. The van der Waals surface area contributed by atoms with Gasteiger partial charge in [-0.2, -0.15) is 0 Å². The number of benzene rings is 12. The van der Waals surface area contributed by atoms with Crippen molar-refractivity contribution in [2.24, 2.45) is 0 Å². The molecule has 2 N–H and O–H groups in total. The molecule has 3 aliphatic rings. The summed E-state index contributed by atoms with van der Waals surface area (Å²) in [7, 11) is -1.34. The molecule has 0 radical (unpaired) electrons. The summed E-state index contributed by atoms with van der Waals surface area (Å²) in [5.41, 5.74) is 14.6. The Morgan fingerprint density at radius 1 is 0.408 bits per heavy atom. The van der Waals surface area contributed by atoms with Crippen LogP contribution in [0.2, 0.25) is 0 Å². The van der Waals surface area contributed by atoms with E-state index in [9.17, 15) is 0 Å². The van der Waals surface area contributed by atoms with Crippen molar-refractivity contribution in [3.05, 3.63) is 221 Å². The predicted octanol–water partition coefficient (Wildman–Crippen LogP) is 16.4. The van der Waals surface area contributed by atoms with Crippen LogP contribution >= 0.6 is 15.9 Å². The van der Waals surface area contributed by atoms with E-state index in [2.05, 4.69) is 207 Å². The monoisotopic (exact) mass is 984 g/mol. The van der Waals surface area contributed by atoms with Crippen LogP contribution in [-0.4, -0.2) is 30.4 Å². The number of halogens is 1. The molecular weight excluding hydrogens is 931 g/mol. The quantitative estimate of drug-likeness (QED) is 0.134. The average molecular weight is 986 g/mol. The molecule has 346 valence electrons. The standard InChI is InChI=1S/C31H22.C25H17Br.C6H7BO2.C4H8O/c1-31(2)26-11-7-6-10-24(26)30-25-17-13-20-12-15-22(19-8-4-3-5-9-19)23-16-14-21(18-27(30)31)29(25)28(20)23;1-25(2)19-6-4-3-5-16(19)24-18-11-7-14-9-12-21(26)17-10-8-15(13-20(24)25)23(18)22(14)17;8-7(9)6-4-2-1-3-5-6;1-2-4-5-3-1/h3-18H,1-2H3;3-13H,1-2H3;1-5,8-9H;1-4H2. The minimum absolute atomic E-state index is 0.0194. The van der Waals surface area contributed by atoms with E-state index >= 15 is 0 Å². The van der Waals surface area contributed by atoms with Gasteiger partial charge in [0.25, 0.3) is 0 Å². The first-order valence-corrected chi connectivity index (χ1v) is 25.7. The summed E-state index contributed by atoms with van der Waals surface area (Å²) >= 11 is 3.75. The molecule has 1 aliphatic heterocycles. The Labute approximate surface area is 424 Å². The zero-order valence-electron chi connectivity index (χ0n) is 40.6. The van der Waals surface area contributed by atoms with Crippen molar-refractivity contribution in [3.63, 3.8) is 0 Å². The summed E-state index contributed by atoms with van der Waals surface area (Å²) in [4.78, 5) is 0. The molecule has 2 aliphatic carbocycles. The van der Waals surface area contributed by atoms with Crippen LogP contribution in [0.1, 0.15) is 62.8 Å². The normalized spacial score (nSPS) is 14.6. The van der Waals surface area contributed by atoms with Crippen LogP contribution in [0, 0.1) is 0 Å². The van der Waals surface area contributed by atoms with E-state index in [1.165, 1.54) is 138 Å². The van der Waals surface area contributed by atoms with E-state index in [1.54, 1.807) is 24.3 Å². The van der Waals surface area contributed by atoms with E-state index in [1.807, 2.05) is 6.07 Å². The topological polar surface area (TPSA) is 49.7 Å². The lowest BCUT2D eigenvalue weighted by Crippen LogP contribution is -2.29. The summed E-state index contributed by atoms with van der Waals surface area (Å²) in [5, 5.41) is 33.4. The molecule has 1 fully saturated rings. The van der Waals surface area contributed by atoms with Crippen molar-refractivity contribution in [2.45, 2.75) is 51.4 Å². The van der Waals surface area contributed by atoms with E-state index in [0.717, 1.165) is 13.2 Å². The van der Waals surface area contributed by atoms with Crippen LogP contribution in [0.3, 0.4) is 0 Å². The van der Waals surface area contributed by atoms with Crippen molar-refractivity contribution in [2.75, 3.05) is 13.2 Å². The molecule has 5 heteroatoms. The van der Waals surface area contributed by atoms with Gasteiger partial charge in [0.2, 0.25) is 0 Å². The van der Waals surface area contributed by atoms with Crippen molar-refractivity contribution >= 4 is 93.1 Å². The zero-order chi connectivity index (χ0) is 48.6. The first-order valence-electron chi connectivity index (χ1n) is 24.9. The molecule has 12 aromatic carbocycles. The first kappa shape index (κ1) is 45.3. The van der Waals surface area contributed by atoms with Crippen molar-refractivity contribution in [3.8, 4) is 33.4 Å². The Morgan fingerprint density at radius 3 is 1.34 bits per heavy atom. The van der Waals surface area contributed by atoms with Gasteiger partial charge in [0.1, 0.15) is 0 Å². The third-order valence-corrected chi connectivity index (χ3v) is 16.3. The van der Waals surface area contributed by atoms with Gasteiger partial charge in [0.15, 0.2) is 0 Å². The highest BCUT2D eigenvalue weighted by Gasteiger charge is 2.38. The smallest absolute Gasteiger partial charge is 0.423 e. The molecule has 15 rings (SSSR count).